The van der Waals surface area contributed by atoms with E-state index in [1.807, 2.05) is 13.8 Å². The standard InChI is InChI=1S/C9H20N2O2.HI.H3N/c1-4-11(5-2)9(13)10(3)7-6-8-12;;/h12H,4-8H2,1-3H3;1H;1H3. The van der Waals surface area contributed by atoms with Crippen LogP contribution in [0.25, 0.3) is 0 Å². The van der Waals surface area contributed by atoms with Crippen molar-refractivity contribution in [1.29, 1.82) is 0 Å². The van der Waals surface area contributed by atoms with Gasteiger partial charge in [0.05, 0.1) is 0 Å². The first-order chi connectivity index (χ1) is 6.17. The molecule has 0 aliphatic carbocycles. The summed E-state index contributed by atoms with van der Waals surface area (Å²) < 4.78 is 0. The molecule has 0 aromatic rings. The summed E-state index contributed by atoms with van der Waals surface area (Å²) in [5, 5.41) is 8.60. The zero-order valence-electron chi connectivity index (χ0n) is 10.2. The minimum atomic E-state index is 0. The summed E-state index contributed by atoms with van der Waals surface area (Å²) in [6.45, 7) is 6.14. The van der Waals surface area contributed by atoms with E-state index in [4.69, 9.17) is 5.11 Å². The number of aliphatic hydroxyl groups excluding tert-OH is 1. The quantitative estimate of drug-likeness (QED) is 0.579. The number of hydrogen-bond acceptors (Lipinski definition) is 2. The highest BCUT2D eigenvalue weighted by molar-refractivity contribution is 5.74. The van der Waals surface area contributed by atoms with E-state index in [0.717, 1.165) is 13.1 Å². The van der Waals surface area contributed by atoms with Crippen LogP contribution in [0, 0.1) is 0 Å². The van der Waals surface area contributed by atoms with E-state index in [0.29, 0.717) is 13.0 Å². The van der Waals surface area contributed by atoms with Crippen LogP contribution in [0.3, 0.4) is 0 Å². The summed E-state index contributed by atoms with van der Waals surface area (Å²) in [6, 6.07) is 0.0402. The number of carbonyl (C=O) groups is 1. The van der Waals surface area contributed by atoms with Crippen LogP contribution in [0.5, 0.6) is 0 Å². The molecule has 0 aromatic carbocycles. The fraction of sp³-hybridized carbons (Fsp3) is 0.889. The number of carbonyl (C=O) groups excluding carboxylic acids is 1. The smallest absolute Gasteiger partial charge is 0.319 e. The molecular weight excluding hydrogens is 309 g/mol. The first-order valence-electron chi connectivity index (χ1n) is 4.78. The average Bonchev–Trinajstić information content (AvgIpc) is 2.15. The molecule has 94 valence electrons. The summed E-state index contributed by atoms with van der Waals surface area (Å²) in [4.78, 5) is 15.0. The van der Waals surface area contributed by atoms with E-state index >= 15 is 0 Å². The largest absolute Gasteiger partial charge is 1.00 e. The Bertz CT molecular complexity index is 154. The Kier molecular flexibility index (Phi) is 16.3. The van der Waals surface area contributed by atoms with Gasteiger partial charge in [-0.15, -0.1) is 0 Å². The van der Waals surface area contributed by atoms with E-state index in [1.54, 1.807) is 16.8 Å². The maximum atomic E-state index is 11.6. The number of aliphatic hydroxyl groups is 1. The maximum absolute atomic E-state index is 11.6. The molecule has 0 radical (unpaired) electrons. The summed E-state index contributed by atoms with van der Waals surface area (Å²) >= 11 is 0. The number of urea groups is 1. The number of amides is 2. The van der Waals surface area contributed by atoms with Gasteiger partial charge in [0.2, 0.25) is 0 Å². The van der Waals surface area contributed by atoms with E-state index in [-0.39, 0.29) is 42.8 Å². The molecule has 0 atom stereocenters. The molecule has 0 rings (SSSR count). The molecule has 0 saturated heterocycles. The Morgan fingerprint density at radius 1 is 1.27 bits per heavy atom. The van der Waals surface area contributed by atoms with Crippen LogP contribution in [0.2, 0.25) is 0 Å². The molecule has 0 saturated carbocycles. The van der Waals surface area contributed by atoms with Gasteiger partial charge in [-0.1, -0.05) is 0 Å². The lowest BCUT2D eigenvalue weighted by molar-refractivity contribution is -0.00000870. The van der Waals surface area contributed by atoms with Crippen molar-refractivity contribution in [3.63, 3.8) is 0 Å². The van der Waals surface area contributed by atoms with E-state index in [2.05, 4.69) is 0 Å². The van der Waals surface area contributed by atoms with Gasteiger partial charge in [0.1, 0.15) is 0 Å². The summed E-state index contributed by atoms with van der Waals surface area (Å²) in [5.74, 6) is 0. The molecule has 0 aliphatic heterocycles. The molecule has 15 heavy (non-hydrogen) atoms. The summed E-state index contributed by atoms with van der Waals surface area (Å²) in [5.41, 5.74) is 0. The van der Waals surface area contributed by atoms with Crippen LogP contribution >= 0.6 is 0 Å². The number of nitrogens with zero attached hydrogens (tertiary/aromatic N) is 2. The molecule has 6 heteroatoms. The van der Waals surface area contributed by atoms with Crippen molar-refractivity contribution >= 4 is 6.03 Å². The van der Waals surface area contributed by atoms with Crippen LogP contribution in [0.4, 0.5) is 4.79 Å². The second kappa shape index (κ2) is 12.0. The first kappa shape index (κ1) is 20.3. The van der Waals surface area contributed by atoms with Gasteiger partial charge in [0.25, 0.3) is 0 Å². The van der Waals surface area contributed by atoms with E-state index in [1.165, 1.54) is 0 Å². The highest BCUT2D eigenvalue weighted by atomic mass is 127. The van der Waals surface area contributed by atoms with Gasteiger partial charge in [-0.2, -0.15) is 0 Å². The molecule has 0 fully saturated rings. The van der Waals surface area contributed by atoms with Crippen molar-refractivity contribution in [2.45, 2.75) is 20.3 Å². The third kappa shape index (κ3) is 7.80. The molecule has 0 heterocycles. The maximum Gasteiger partial charge on any atom is 0.319 e. The van der Waals surface area contributed by atoms with Gasteiger partial charge in [0.15, 0.2) is 0 Å². The molecule has 5 nitrogen and oxygen atoms in total. The zero-order valence-corrected chi connectivity index (χ0v) is 12.3. The number of halogens is 1. The Balaban J connectivity index is -0.000000720. The minimum absolute atomic E-state index is 0. The number of rotatable bonds is 5. The predicted molar refractivity (Wildman–Crippen MR) is 58.6 cm³/mol. The predicted octanol–water partition coefficient (Wildman–Crippen LogP) is -1.86. The lowest BCUT2D eigenvalue weighted by atomic mass is 10.4. The molecular formula is C9H24IN3O2. The van der Waals surface area contributed by atoms with Crippen molar-refractivity contribution in [2.24, 2.45) is 0 Å². The van der Waals surface area contributed by atoms with E-state index in [9.17, 15) is 4.79 Å². The SMILES string of the molecule is CCN(CC)C(=O)N(C)CCCO.[I-].[NH4+]. The molecule has 0 spiro atoms. The number of hydrogen-bond donors (Lipinski definition) is 2. The second-order valence-electron chi connectivity index (χ2n) is 2.95. The molecule has 0 bridgehead atoms. The Hall–Kier alpha value is -0.0800. The summed E-state index contributed by atoms with van der Waals surface area (Å²) in [6.07, 6.45) is 0.642. The van der Waals surface area contributed by atoms with Gasteiger partial charge in [0, 0.05) is 33.3 Å². The molecule has 0 unspecified atom stereocenters. The Morgan fingerprint density at radius 3 is 2.07 bits per heavy atom. The van der Waals surface area contributed by atoms with Crippen LogP contribution in [0.15, 0.2) is 0 Å². The van der Waals surface area contributed by atoms with Crippen molar-refractivity contribution < 1.29 is 33.9 Å². The molecule has 2 amide bonds. The van der Waals surface area contributed by atoms with Gasteiger partial charge in [-0.3, -0.25) is 0 Å². The van der Waals surface area contributed by atoms with Gasteiger partial charge in [-0.25, -0.2) is 4.79 Å². The lowest BCUT2D eigenvalue weighted by Crippen LogP contribution is -3.00. The fourth-order valence-electron chi connectivity index (χ4n) is 1.14. The van der Waals surface area contributed by atoms with Gasteiger partial charge < -0.3 is 45.0 Å². The lowest BCUT2D eigenvalue weighted by Gasteiger charge is -2.25. The normalized spacial score (nSPS) is 8.53. The Morgan fingerprint density at radius 2 is 1.73 bits per heavy atom. The van der Waals surface area contributed by atoms with Crippen LogP contribution in [-0.2, 0) is 0 Å². The Labute approximate surface area is 109 Å². The molecule has 0 aliphatic rings. The second-order valence-corrected chi connectivity index (χ2v) is 2.95. The third-order valence-electron chi connectivity index (χ3n) is 2.01. The molecule has 5 N–H and O–H groups in total. The average molecular weight is 333 g/mol. The zero-order chi connectivity index (χ0) is 10.3. The highest BCUT2D eigenvalue weighted by Crippen LogP contribution is 1.97. The number of quaternary nitrogens is 1. The minimum Gasteiger partial charge on any atom is -1.00 e. The van der Waals surface area contributed by atoms with Crippen LogP contribution in [0.1, 0.15) is 20.3 Å². The van der Waals surface area contributed by atoms with Crippen molar-refractivity contribution in [1.82, 2.24) is 16.0 Å². The van der Waals surface area contributed by atoms with Crippen molar-refractivity contribution in [2.75, 3.05) is 33.3 Å². The molecule has 0 aromatic heterocycles. The highest BCUT2D eigenvalue weighted by Gasteiger charge is 2.13. The van der Waals surface area contributed by atoms with Crippen molar-refractivity contribution in [3.05, 3.63) is 0 Å². The summed E-state index contributed by atoms with van der Waals surface area (Å²) in [7, 11) is 1.76. The topological polar surface area (TPSA) is 80.3 Å². The van der Waals surface area contributed by atoms with E-state index < -0.39 is 0 Å². The first-order valence-corrected chi connectivity index (χ1v) is 4.78. The van der Waals surface area contributed by atoms with Gasteiger partial charge in [-0.05, 0) is 20.3 Å². The fourth-order valence-corrected chi connectivity index (χ4v) is 1.14. The van der Waals surface area contributed by atoms with Crippen molar-refractivity contribution in [3.8, 4) is 0 Å². The third-order valence-corrected chi connectivity index (χ3v) is 2.01. The van der Waals surface area contributed by atoms with Crippen LogP contribution < -0.4 is 30.1 Å². The van der Waals surface area contributed by atoms with Gasteiger partial charge >= 0.3 is 6.03 Å². The monoisotopic (exact) mass is 333 g/mol. The van der Waals surface area contributed by atoms with Crippen LogP contribution in [-0.4, -0.2) is 54.2 Å².